The molecular formula is C16H33N3O. The molecule has 118 valence electrons. The highest BCUT2D eigenvalue weighted by Crippen LogP contribution is 2.22. The average molecular weight is 283 g/mol. The van der Waals surface area contributed by atoms with E-state index in [1.54, 1.807) is 0 Å². The van der Waals surface area contributed by atoms with E-state index in [2.05, 4.69) is 29.4 Å². The van der Waals surface area contributed by atoms with Crippen LogP contribution in [-0.4, -0.2) is 48.6 Å². The van der Waals surface area contributed by atoms with E-state index in [0.717, 1.165) is 25.6 Å². The maximum atomic E-state index is 12.0. The van der Waals surface area contributed by atoms with Gasteiger partial charge in [-0.3, -0.25) is 9.69 Å². The van der Waals surface area contributed by atoms with Crippen molar-refractivity contribution < 1.29 is 4.79 Å². The van der Waals surface area contributed by atoms with E-state index >= 15 is 0 Å². The Morgan fingerprint density at radius 2 is 1.80 bits per heavy atom. The third kappa shape index (κ3) is 5.41. The minimum absolute atomic E-state index is 0.00254. The molecular weight excluding hydrogens is 250 g/mol. The summed E-state index contributed by atoms with van der Waals surface area (Å²) < 4.78 is 0. The minimum Gasteiger partial charge on any atom is -0.353 e. The Labute approximate surface area is 124 Å². The first-order chi connectivity index (χ1) is 9.45. The number of likely N-dealkylation sites (tertiary alicyclic amines) is 1. The molecule has 4 nitrogen and oxygen atoms in total. The molecule has 1 heterocycles. The van der Waals surface area contributed by atoms with Crippen molar-refractivity contribution in [1.82, 2.24) is 15.5 Å². The summed E-state index contributed by atoms with van der Waals surface area (Å²) in [6.45, 7) is 13.7. The van der Waals surface area contributed by atoms with E-state index < -0.39 is 0 Å². The van der Waals surface area contributed by atoms with Crippen molar-refractivity contribution in [2.24, 2.45) is 5.92 Å². The van der Waals surface area contributed by atoms with Crippen molar-refractivity contribution in [2.75, 3.05) is 19.6 Å². The standard InChI is InChI=1S/C16H33N3O/c1-6-9-17-13(4)15-7-10-19(11-8-15)14(5)16(20)18-12(2)3/h12-15,17H,6-11H2,1-5H3,(H,18,20). The molecule has 1 rings (SSSR count). The van der Waals surface area contributed by atoms with E-state index in [1.165, 1.54) is 19.3 Å². The molecule has 0 bridgehead atoms. The van der Waals surface area contributed by atoms with Crippen LogP contribution in [0.25, 0.3) is 0 Å². The lowest BCUT2D eigenvalue weighted by atomic mass is 9.89. The summed E-state index contributed by atoms with van der Waals surface area (Å²) in [7, 11) is 0. The molecule has 0 saturated carbocycles. The number of nitrogens with one attached hydrogen (secondary N) is 2. The van der Waals surface area contributed by atoms with Crippen LogP contribution in [0.15, 0.2) is 0 Å². The lowest BCUT2D eigenvalue weighted by molar-refractivity contribution is -0.127. The first-order valence-electron chi connectivity index (χ1n) is 8.23. The van der Waals surface area contributed by atoms with Crippen LogP contribution >= 0.6 is 0 Å². The maximum Gasteiger partial charge on any atom is 0.237 e. The Morgan fingerprint density at radius 1 is 1.20 bits per heavy atom. The van der Waals surface area contributed by atoms with Crippen LogP contribution in [0.1, 0.15) is 53.9 Å². The molecule has 1 fully saturated rings. The Bertz CT molecular complexity index is 285. The number of amides is 1. The van der Waals surface area contributed by atoms with Gasteiger partial charge in [-0.05, 0) is 72.5 Å². The number of carbonyl (C=O) groups excluding carboxylic acids is 1. The SMILES string of the molecule is CCCNC(C)C1CCN(C(C)C(=O)NC(C)C)CC1. The van der Waals surface area contributed by atoms with Gasteiger partial charge in [-0.15, -0.1) is 0 Å². The zero-order valence-corrected chi connectivity index (χ0v) is 13.9. The summed E-state index contributed by atoms with van der Waals surface area (Å²) in [6, 6.07) is 0.815. The number of hydrogen-bond acceptors (Lipinski definition) is 3. The summed E-state index contributed by atoms with van der Waals surface area (Å²) in [6.07, 6.45) is 3.57. The van der Waals surface area contributed by atoms with E-state index in [1.807, 2.05) is 20.8 Å². The second-order valence-corrected chi connectivity index (χ2v) is 6.46. The molecule has 1 saturated heterocycles. The van der Waals surface area contributed by atoms with Gasteiger partial charge in [0.2, 0.25) is 5.91 Å². The van der Waals surface area contributed by atoms with Gasteiger partial charge < -0.3 is 10.6 Å². The Hall–Kier alpha value is -0.610. The van der Waals surface area contributed by atoms with E-state index in [9.17, 15) is 4.79 Å². The quantitative estimate of drug-likeness (QED) is 0.751. The van der Waals surface area contributed by atoms with Gasteiger partial charge in [-0.2, -0.15) is 0 Å². The van der Waals surface area contributed by atoms with Crippen molar-refractivity contribution in [2.45, 2.75) is 72.0 Å². The molecule has 0 aliphatic carbocycles. The van der Waals surface area contributed by atoms with E-state index in [-0.39, 0.29) is 18.0 Å². The van der Waals surface area contributed by atoms with Gasteiger partial charge in [-0.25, -0.2) is 0 Å². The first-order valence-corrected chi connectivity index (χ1v) is 8.23. The van der Waals surface area contributed by atoms with Gasteiger partial charge in [0.05, 0.1) is 6.04 Å². The largest absolute Gasteiger partial charge is 0.353 e. The Balaban J connectivity index is 2.35. The predicted octanol–water partition coefficient (Wildman–Crippen LogP) is 2.00. The average Bonchev–Trinajstić information content (AvgIpc) is 2.43. The zero-order chi connectivity index (χ0) is 15.1. The fraction of sp³-hybridized carbons (Fsp3) is 0.938. The first kappa shape index (κ1) is 17.4. The molecule has 1 aliphatic heterocycles. The Morgan fingerprint density at radius 3 is 2.30 bits per heavy atom. The summed E-state index contributed by atoms with van der Waals surface area (Å²) >= 11 is 0. The Kier molecular flexibility index (Phi) is 7.52. The third-order valence-corrected chi connectivity index (χ3v) is 4.36. The van der Waals surface area contributed by atoms with Crippen molar-refractivity contribution >= 4 is 5.91 Å². The molecule has 0 spiro atoms. The highest BCUT2D eigenvalue weighted by molar-refractivity contribution is 5.81. The molecule has 1 amide bonds. The number of piperidine rings is 1. The van der Waals surface area contributed by atoms with Crippen LogP contribution in [-0.2, 0) is 4.79 Å². The zero-order valence-electron chi connectivity index (χ0n) is 13.9. The molecule has 2 N–H and O–H groups in total. The molecule has 1 aliphatic rings. The van der Waals surface area contributed by atoms with Gasteiger partial charge in [0.1, 0.15) is 0 Å². The fourth-order valence-corrected chi connectivity index (χ4v) is 2.92. The predicted molar refractivity (Wildman–Crippen MR) is 84.8 cm³/mol. The fourth-order valence-electron chi connectivity index (χ4n) is 2.92. The highest BCUT2D eigenvalue weighted by atomic mass is 16.2. The van der Waals surface area contributed by atoms with Crippen LogP contribution in [0.2, 0.25) is 0 Å². The summed E-state index contributed by atoms with van der Waals surface area (Å²) in [4.78, 5) is 14.4. The molecule has 0 aromatic carbocycles. The van der Waals surface area contributed by atoms with Gasteiger partial charge >= 0.3 is 0 Å². The number of hydrogen-bond donors (Lipinski definition) is 2. The maximum absolute atomic E-state index is 12.0. The van der Waals surface area contributed by atoms with Crippen molar-refractivity contribution in [3.8, 4) is 0 Å². The summed E-state index contributed by atoms with van der Waals surface area (Å²) in [5.41, 5.74) is 0. The van der Waals surface area contributed by atoms with Crippen LogP contribution in [0.4, 0.5) is 0 Å². The van der Waals surface area contributed by atoms with E-state index in [4.69, 9.17) is 0 Å². The second-order valence-electron chi connectivity index (χ2n) is 6.46. The monoisotopic (exact) mass is 283 g/mol. The van der Waals surface area contributed by atoms with Crippen LogP contribution in [0.5, 0.6) is 0 Å². The molecule has 0 aromatic rings. The van der Waals surface area contributed by atoms with Crippen LogP contribution in [0.3, 0.4) is 0 Å². The highest BCUT2D eigenvalue weighted by Gasteiger charge is 2.28. The van der Waals surface area contributed by atoms with E-state index in [0.29, 0.717) is 6.04 Å². The number of rotatable bonds is 7. The number of carbonyl (C=O) groups is 1. The molecule has 20 heavy (non-hydrogen) atoms. The molecule has 0 aromatic heterocycles. The van der Waals surface area contributed by atoms with Gasteiger partial charge in [0.15, 0.2) is 0 Å². The van der Waals surface area contributed by atoms with Crippen LogP contribution < -0.4 is 10.6 Å². The lowest BCUT2D eigenvalue weighted by Crippen LogP contribution is -2.51. The molecule has 2 unspecified atom stereocenters. The summed E-state index contributed by atoms with van der Waals surface area (Å²) in [5, 5.41) is 6.61. The lowest BCUT2D eigenvalue weighted by Gasteiger charge is -2.38. The van der Waals surface area contributed by atoms with Crippen molar-refractivity contribution in [1.29, 1.82) is 0 Å². The molecule has 2 atom stereocenters. The smallest absolute Gasteiger partial charge is 0.237 e. The van der Waals surface area contributed by atoms with Crippen LogP contribution in [0, 0.1) is 5.92 Å². The minimum atomic E-state index is -0.00254. The van der Waals surface area contributed by atoms with Gasteiger partial charge in [0.25, 0.3) is 0 Å². The van der Waals surface area contributed by atoms with Gasteiger partial charge in [0, 0.05) is 12.1 Å². The van der Waals surface area contributed by atoms with Crippen molar-refractivity contribution in [3.05, 3.63) is 0 Å². The summed E-state index contributed by atoms with van der Waals surface area (Å²) in [5.74, 6) is 0.911. The molecule has 0 radical (unpaired) electrons. The topological polar surface area (TPSA) is 44.4 Å². The van der Waals surface area contributed by atoms with Gasteiger partial charge in [-0.1, -0.05) is 6.92 Å². The second kappa shape index (κ2) is 8.63. The normalized spacial score (nSPS) is 20.9. The third-order valence-electron chi connectivity index (χ3n) is 4.36. The number of nitrogens with zero attached hydrogens (tertiary/aromatic N) is 1. The van der Waals surface area contributed by atoms with Crippen molar-refractivity contribution in [3.63, 3.8) is 0 Å². The molecule has 4 heteroatoms.